The predicted molar refractivity (Wildman–Crippen MR) is 138 cm³/mol. The van der Waals surface area contributed by atoms with Crippen molar-refractivity contribution >= 4 is 23.3 Å². The molecular formula is C28H32ClN3O2. The zero-order valence-electron chi connectivity index (χ0n) is 19.8. The van der Waals surface area contributed by atoms with Crippen LogP contribution < -0.4 is 5.32 Å². The van der Waals surface area contributed by atoms with Crippen molar-refractivity contribution in [3.05, 3.63) is 100 Å². The van der Waals surface area contributed by atoms with E-state index in [1.54, 1.807) is 0 Å². The Balaban J connectivity index is 1.35. The molecule has 1 N–H and O–H groups in total. The van der Waals surface area contributed by atoms with Crippen LogP contribution in [0.3, 0.4) is 0 Å². The summed E-state index contributed by atoms with van der Waals surface area (Å²) >= 11 is 6.12. The number of carbonyl (C=O) groups excluding carboxylic acids is 1. The maximum atomic E-state index is 12.7. The van der Waals surface area contributed by atoms with Gasteiger partial charge in [0, 0.05) is 43.4 Å². The second kappa shape index (κ2) is 11.5. The number of nitrogens with zero attached hydrogens (tertiary/aromatic N) is 2. The van der Waals surface area contributed by atoms with Crippen LogP contribution in [0.2, 0.25) is 5.02 Å². The smallest absolute Gasteiger partial charge is 0.321 e. The van der Waals surface area contributed by atoms with Gasteiger partial charge in [0.2, 0.25) is 0 Å². The first kappa shape index (κ1) is 24.3. The monoisotopic (exact) mass is 477 g/mol. The molecular weight excluding hydrogens is 446 g/mol. The van der Waals surface area contributed by atoms with Crippen LogP contribution in [0.4, 0.5) is 10.5 Å². The first-order valence-corrected chi connectivity index (χ1v) is 12.1. The van der Waals surface area contributed by atoms with E-state index >= 15 is 0 Å². The second-order valence-electron chi connectivity index (χ2n) is 8.93. The van der Waals surface area contributed by atoms with Gasteiger partial charge in [-0.2, -0.15) is 0 Å². The number of piperazine rings is 1. The molecule has 34 heavy (non-hydrogen) atoms. The standard InChI is InChI=1S/C28H32ClN3O2/c1-21-5-3-7-23(17-21)20-34-27(24-9-11-25(29)12-10-24)19-31-13-15-32(16-14-31)28(33)30-26-8-4-6-22(2)18-26/h3-12,17-18,27H,13-16,19-20H2,1-2H3,(H,30,33)/t27-/m1/s1. The first-order chi connectivity index (χ1) is 16.5. The summed E-state index contributed by atoms with van der Waals surface area (Å²) in [7, 11) is 0. The van der Waals surface area contributed by atoms with Crippen LogP contribution >= 0.6 is 11.6 Å². The number of carbonyl (C=O) groups is 1. The Hall–Kier alpha value is -2.86. The van der Waals surface area contributed by atoms with Gasteiger partial charge in [-0.1, -0.05) is 65.7 Å². The number of benzene rings is 3. The fraction of sp³-hybridized carbons (Fsp3) is 0.321. The topological polar surface area (TPSA) is 44.8 Å². The zero-order chi connectivity index (χ0) is 23.9. The van der Waals surface area contributed by atoms with Gasteiger partial charge in [0.25, 0.3) is 0 Å². The SMILES string of the molecule is Cc1cccc(CO[C@H](CN2CCN(C(=O)Nc3cccc(C)c3)CC2)c2ccc(Cl)cc2)c1. The quantitative estimate of drug-likeness (QED) is 0.449. The number of halogens is 1. The Morgan fingerprint density at radius 3 is 2.29 bits per heavy atom. The Morgan fingerprint density at radius 1 is 0.941 bits per heavy atom. The third-order valence-electron chi connectivity index (χ3n) is 6.13. The molecule has 1 saturated heterocycles. The normalized spacial score (nSPS) is 15.2. The summed E-state index contributed by atoms with van der Waals surface area (Å²) in [5.74, 6) is 0. The van der Waals surface area contributed by atoms with E-state index in [-0.39, 0.29) is 12.1 Å². The molecule has 6 heteroatoms. The third kappa shape index (κ3) is 6.83. The van der Waals surface area contributed by atoms with E-state index in [1.165, 1.54) is 5.56 Å². The molecule has 1 atom stereocenters. The van der Waals surface area contributed by atoms with Crippen molar-refractivity contribution in [2.75, 3.05) is 38.0 Å². The maximum Gasteiger partial charge on any atom is 0.321 e. The lowest BCUT2D eigenvalue weighted by Crippen LogP contribution is -2.50. The van der Waals surface area contributed by atoms with Crippen molar-refractivity contribution < 1.29 is 9.53 Å². The summed E-state index contributed by atoms with van der Waals surface area (Å²) in [6, 6.07) is 24.1. The fourth-order valence-corrected chi connectivity index (χ4v) is 4.35. The molecule has 0 aromatic heterocycles. The summed E-state index contributed by atoms with van der Waals surface area (Å²) < 4.78 is 6.40. The number of anilines is 1. The molecule has 0 aliphatic carbocycles. The van der Waals surface area contributed by atoms with Gasteiger partial charge in [0.15, 0.2) is 0 Å². The molecule has 3 aromatic rings. The highest BCUT2D eigenvalue weighted by atomic mass is 35.5. The summed E-state index contributed by atoms with van der Waals surface area (Å²) in [4.78, 5) is 17.0. The third-order valence-corrected chi connectivity index (χ3v) is 6.38. The lowest BCUT2D eigenvalue weighted by molar-refractivity contribution is 0.00592. The van der Waals surface area contributed by atoms with E-state index in [4.69, 9.17) is 16.3 Å². The molecule has 1 aliphatic heterocycles. The number of ether oxygens (including phenoxy) is 1. The molecule has 0 saturated carbocycles. The molecule has 0 bridgehead atoms. The van der Waals surface area contributed by atoms with Gasteiger partial charge in [-0.15, -0.1) is 0 Å². The summed E-state index contributed by atoms with van der Waals surface area (Å²) in [6.07, 6.45) is -0.0783. The van der Waals surface area contributed by atoms with Crippen LogP contribution in [0.25, 0.3) is 0 Å². The van der Waals surface area contributed by atoms with E-state index in [0.717, 1.165) is 47.0 Å². The molecule has 0 radical (unpaired) electrons. The van der Waals surface area contributed by atoms with Gasteiger partial charge in [0.05, 0.1) is 12.7 Å². The number of hydrogen-bond acceptors (Lipinski definition) is 3. The van der Waals surface area contributed by atoms with Crippen molar-refractivity contribution in [2.24, 2.45) is 0 Å². The summed E-state index contributed by atoms with van der Waals surface area (Å²) in [5, 5.41) is 3.73. The molecule has 0 unspecified atom stereocenters. The number of hydrogen-bond donors (Lipinski definition) is 1. The summed E-state index contributed by atoms with van der Waals surface area (Å²) in [6.45, 7) is 8.40. The Kier molecular flexibility index (Phi) is 8.22. The van der Waals surface area contributed by atoms with Crippen LogP contribution in [0, 0.1) is 13.8 Å². The largest absolute Gasteiger partial charge is 0.368 e. The Labute approximate surface area is 207 Å². The van der Waals surface area contributed by atoms with Gasteiger partial charge < -0.3 is 15.0 Å². The van der Waals surface area contributed by atoms with E-state index in [1.807, 2.05) is 60.4 Å². The molecule has 0 spiro atoms. The minimum Gasteiger partial charge on any atom is -0.368 e. The van der Waals surface area contributed by atoms with Crippen LogP contribution in [0.15, 0.2) is 72.8 Å². The van der Waals surface area contributed by atoms with Gasteiger partial charge in [-0.25, -0.2) is 4.79 Å². The van der Waals surface area contributed by atoms with Gasteiger partial charge >= 0.3 is 6.03 Å². The highest BCUT2D eigenvalue weighted by Crippen LogP contribution is 2.24. The van der Waals surface area contributed by atoms with Gasteiger partial charge in [-0.05, 0) is 54.8 Å². The van der Waals surface area contributed by atoms with E-state index < -0.39 is 0 Å². The average Bonchev–Trinajstić information content (AvgIpc) is 2.83. The molecule has 2 amide bonds. The number of rotatable bonds is 7. The molecule has 1 aliphatic rings. The number of urea groups is 1. The van der Waals surface area contributed by atoms with Crippen molar-refractivity contribution in [1.29, 1.82) is 0 Å². The molecule has 1 heterocycles. The predicted octanol–water partition coefficient (Wildman–Crippen LogP) is 6.06. The maximum absolute atomic E-state index is 12.7. The Bertz CT molecular complexity index is 1090. The van der Waals surface area contributed by atoms with E-state index in [0.29, 0.717) is 19.7 Å². The van der Waals surface area contributed by atoms with Crippen LogP contribution in [-0.4, -0.2) is 48.6 Å². The molecule has 3 aromatic carbocycles. The van der Waals surface area contributed by atoms with Crippen LogP contribution in [0.5, 0.6) is 0 Å². The highest BCUT2D eigenvalue weighted by Gasteiger charge is 2.24. The first-order valence-electron chi connectivity index (χ1n) is 11.7. The number of nitrogens with one attached hydrogen (secondary N) is 1. The van der Waals surface area contributed by atoms with Gasteiger partial charge in [0.1, 0.15) is 0 Å². The van der Waals surface area contributed by atoms with Crippen molar-refractivity contribution in [3.8, 4) is 0 Å². The van der Waals surface area contributed by atoms with Gasteiger partial charge in [-0.3, -0.25) is 4.90 Å². The summed E-state index contributed by atoms with van der Waals surface area (Å²) in [5.41, 5.74) is 5.46. The minimum absolute atomic E-state index is 0.0461. The lowest BCUT2D eigenvalue weighted by Gasteiger charge is -2.36. The number of amides is 2. The zero-order valence-corrected chi connectivity index (χ0v) is 20.6. The average molecular weight is 478 g/mol. The second-order valence-corrected chi connectivity index (χ2v) is 9.36. The minimum atomic E-state index is -0.0783. The number of aryl methyl sites for hydroxylation is 2. The van der Waals surface area contributed by atoms with E-state index in [2.05, 4.69) is 41.4 Å². The van der Waals surface area contributed by atoms with Crippen molar-refractivity contribution in [2.45, 2.75) is 26.6 Å². The highest BCUT2D eigenvalue weighted by molar-refractivity contribution is 6.30. The Morgan fingerprint density at radius 2 is 1.62 bits per heavy atom. The lowest BCUT2D eigenvalue weighted by atomic mass is 10.1. The van der Waals surface area contributed by atoms with Crippen LogP contribution in [0.1, 0.15) is 28.4 Å². The molecule has 178 valence electrons. The fourth-order valence-electron chi connectivity index (χ4n) is 4.22. The van der Waals surface area contributed by atoms with Crippen molar-refractivity contribution in [1.82, 2.24) is 9.80 Å². The molecule has 1 fully saturated rings. The van der Waals surface area contributed by atoms with Crippen molar-refractivity contribution in [3.63, 3.8) is 0 Å². The van der Waals surface area contributed by atoms with E-state index in [9.17, 15) is 4.79 Å². The van der Waals surface area contributed by atoms with Crippen LogP contribution in [-0.2, 0) is 11.3 Å². The molecule has 4 rings (SSSR count). The molecule has 5 nitrogen and oxygen atoms in total.